The Morgan fingerprint density at radius 1 is 1.21 bits per heavy atom. The maximum atomic E-state index is 12.9. The first-order chi connectivity index (χ1) is 16.4. The first-order valence-corrected chi connectivity index (χ1v) is 11.2. The number of tetrazole rings is 1. The van der Waals surface area contributed by atoms with E-state index in [1.165, 1.54) is 23.9 Å². The van der Waals surface area contributed by atoms with Crippen LogP contribution in [0.15, 0.2) is 52.2 Å². The van der Waals surface area contributed by atoms with Crippen molar-refractivity contribution in [2.24, 2.45) is 0 Å². The predicted molar refractivity (Wildman–Crippen MR) is 110 cm³/mol. The molecule has 0 saturated carbocycles. The van der Waals surface area contributed by atoms with Gasteiger partial charge in [-0.05, 0) is 40.8 Å². The molecule has 0 radical (unpaired) electrons. The average molecular weight is 497 g/mol. The first kappa shape index (κ1) is 22.7. The number of furan rings is 1. The number of thioether (sulfide) groups is 1. The molecule has 1 aromatic carbocycles. The molecule has 4 heterocycles. The van der Waals surface area contributed by atoms with Crippen LogP contribution in [-0.2, 0) is 26.1 Å². The summed E-state index contributed by atoms with van der Waals surface area (Å²) in [5.41, 5.74) is -0.911. The lowest BCUT2D eigenvalue weighted by Gasteiger charge is -2.18. The summed E-state index contributed by atoms with van der Waals surface area (Å²) in [4.78, 5) is 12.3. The minimum absolute atomic E-state index is 0.0348. The number of halogens is 3. The highest BCUT2D eigenvalue weighted by Gasteiger charge is 2.51. The highest BCUT2D eigenvalue weighted by Crippen LogP contribution is 2.37. The zero-order valence-corrected chi connectivity index (χ0v) is 18.2. The van der Waals surface area contributed by atoms with Crippen LogP contribution in [0.4, 0.5) is 23.7 Å². The standard InChI is InChI=1S/C20H18F3N5O5S/c21-20(22,23)11-3-1-4-12(7-11)24-19(29)33-15-9-32-16-14(8-31-17(15)16)28-18(25-26-27-28)34-10-13-5-2-6-30-13/h1-7,14-17H,8-10H2,(H,24,29). The molecule has 2 aromatic heterocycles. The van der Waals surface area contributed by atoms with E-state index in [9.17, 15) is 18.0 Å². The highest BCUT2D eigenvalue weighted by atomic mass is 32.2. The second kappa shape index (κ2) is 9.27. The SMILES string of the molecule is O=C(Nc1cccc(C(F)(F)F)c1)OC1COC2C1OCC2n1nnnc1SCc1ccco1. The van der Waals surface area contributed by atoms with Gasteiger partial charge in [-0.1, -0.05) is 17.8 Å². The zero-order chi connectivity index (χ0) is 23.7. The number of rotatable bonds is 6. The predicted octanol–water partition coefficient (Wildman–Crippen LogP) is 3.53. The van der Waals surface area contributed by atoms with Gasteiger partial charge in [0.25, 0.3) is 0 Å². The molecule has 14 heteroatoms. The van der Waals surface area contributed by atoms with Crippen molar-refractivity contribution in [3.05, 3.63) is 54.0 Å². The zero-order valence-electron chi connectivity index (χ0n) is 17.3. The Balaban J connectivity index is 1.19. The lowest BCUT2D eigenvalue weighted by atomic mass is 10.1. The summed E-state index contributed by atoms with van der Waals surface area (Å²) in [6.07, 6.45) is -5.60. The molecule has 1 N–H and O–H groups in total. The number of amides is 1. The number of fused-ring (bicyclic) bond motifs is 1. The van der Waals surface area contributed by atoms with E-state index < -0.39 is 36.1 Å². The van der Waals surface area contributed by atoms with Crippen molar-refractivity contribution >= 4 is 23.5 Å². The van der Waals surface area contributed by atoms with Gasteiger partial charge < -0.3 is 18.6 Å². The molecule has 2 aliphatic rings. The number of hydrogen-bond acceptors (Lipinski definition) is 9. The highest BCUT2D eigenvalue weighted by molar-refractivity contribution is 7.98. The third-order valence-corrected chi connectivity index (χ3v) is 6.33. The van der Waals surface area contributed by atoms with Gasteiger partial charge in [0.1, 0.15) is 24.0 Å². The summed E-state index contributed by atoms with van der Waals surface area (Å²) < 4.78 is 62.6. The minimum atomic E-state index is -4.52. The monoisotopic (exact) mass is 497 g/mol. The van der Waals surface area contributed by atoms with Crippen LogP contribution in [0.3, 0.4) is 0 Å². The van der Waals surface area contributed by atoms with Gasteiger partial charge >= 0.3 is 12.3 Å². The third kappa shape index (κ3) is 4.74. The fourth-order valence-corrected chi connectivity index (χ4v) is 4.67. The lowest BCUT2D eigenvalue weighted by Crippen LogP contribution is -2.35. The molecular formula is C20H18F3N5O5S. The van der Waals surface area contributed by atoms with Crippen molar-refractivity contribution < 1.29 is 36.6 Å². The summed E-state index contributed by atoms with van der Waals surface area (Å²) in [6, 6.07) is 7.60. The summed E-state index contributed by atoms with van der Waals surface area (Å²) in [5.74, 6) is 1.31. The van der Waals surface area contributed by atoms with Gasteiger partial charge in [-0.15, -0.1) is 5.10 Å². The van der Waals surface area contributed by atoms with Crippen molar-refractivity contribution in [1.29, 1.82) is 0 Å². The Morgan fingerprint density at radius 2 is 2.06 bits per heavy atom. The quantitative estimate of drug-likeness (QED) is 0.511. The number of nitrogens with one attached hydrogen (secondary N) is 1. The Morgan fingerprint density at radius 3 is 2.85 bits per heavy atom. The van der Waals surface area contributed by atoms with E-state index in [0.29, 0.717) is 10.9 Å². The van der Waals surface area contributed by atoms with Gasteiger partial charge in [0.05, 0.1) is 30.8 Å². The maximum absolute atomic E-state index is 12.9. The van der Waals surface area contributed by atoms with E-state index in [0.717, 1.165) is 17.9 Å². The molecule has 4 atom stereocenters. The number of anilines is 1. The average Bonchev–Trinajstić information content (AvgIpc) is 3.58. The van der Waals surface area contributed by atoms with E-state index in [1.807, 2.05) is 6.07 Å². The van der Waals surface area contributed by atoms with Crippen molar-refractivity contribution in [2.75, 3.05) is 18.5 Å². The van der Waals surface area contributed by atoms with E-state index in [-0.39, 0.29) is 24.9 Å². The second-order valence-corrected chi connectivity index (χ2v) is 8.53. The second-order valence-electron chi connectivity index (χ2n) is 7.58. The van der Waals surface area contributed by atoms with Crippen LogP contribution in [0.5, 0.6) is 0 Å². The number of carbonyl (C=O) groups excluding carboxylic acids is 1. The molecule has 34 heavy (non-hydrogen) atoms. The molecule has 5 rings (SSSR count). The van der Waals surface area contributed by atoms with Crippen molar-refractivity contribution in [1.82, 2.24) is 20.2 Å². The summed E-state index contributed by atoms with van der Waals surface area (Å²) in [7, 11) is 0. The molecule has 0 spiro atoms. The van der Waals surface area contributed by atoms with Crippen LogP contribution in [0, 0.1) is 0 Å². The first-order valence-electron chi connectivity index (χ1n) is 10.2. The molecule has 2 fully saturated rings. The van der Waals surface area contributed by atoms with E-state index >= 15 is 0 Å². The third-order valence-electron chi connectivity index (χ3n) is 5.38. The molecule has 10 nitrogen and oxygen atoms in total. The molecule has 0 bridgehead atoms. The Bertz CT molecular complexity index is 1140. The van der Waals surface area contributed by atoms with Crippen LogP contribution in [0.2, 0.25) is 0 Å². The molecular weight excluding hydrogens is 479 g/mol. The van der Waals surface area contributed by atoms with Crippen molar-refractivity contribution in [3.63, 3.8) is 0 Å². The van der Waals surface area contributed by atoms with Gasteiger partial charge in [0, 0.05) is 5.69 Å². The molecule has 0 aliphatic carbocycles. The smallest absolute Gasteiger partial charge is 0.416 e. The van der Waals surface area contributed by atoms with Crippen LogP contribution < -0.4 is 5.32 Å². The van der Waals surface area contributed by atoms with Gasteiger partial charge in [-0.2, -0.15) is 13.2 Å². The van der Waals surface area contributed by atoms with Gasteiger partial charge in [-0.25, -0.2) is 9.48 Å². The number of alkyl halides is 3. The maximum Gasteiger partial charge on any atom is 0.416 e. The number of nitrogens with zero attached hydrogens (tertiary/aromatic N) is 4. The Kier molecular flexibility index (Phi) is 6.18. The van der Waals surface area contributed by atoms with Crippen molar-refractivity contribution in [2.45, 2.75) is 41.4 Å². The lowest BCUT2D eigenvalue weighted by molar-refractivity contribution is -0.137. The summed E-state index contributed by atoms with van der Waals surface area (Å²) >= 11 is 1.39. The summed E-state index contributed by atoms with van der Waals surface area (Å²) in [5, 5.41) is 14.7. The normalized spacial score (nSPS) is 24.2. The van der Waals surface area contributed by atoms with Crippen LogP contribution >= 0.6 is 11.8 Å². The molecule has 180 valence electrons. The Hall–Kier alpha value is -3.10. The molecule has 1 amide bonds. The molecule has 2 aliphatic heterocycles. The minimum Gasteiger partial charge on any atom is -0.468 e. The number of aromatic nitrogens is 4. The number of hydrogen-bond donors (Lipinski definition) is 1. The number of benzene rings is 1. The molecule has 4 unspecified atom stereocenters. The van der Waals surface area contributed by atoms with Crippen molar-refractivity contribution in [3.8, 4) is 0 Å². The molecule has 3 aromatic rings. The van der Waals surface area contributed by atoms with E-state index in [4.69, 9.17) is 18.6 Å². The van der Waals surface area contributed by atoms with Crippen LogP contribution in [0.1, 0.15) is 17.4 Å². The van der Waals surface area contributed by atoms with Crippen LogP contribution in [-0.4, -0.2) is 57.8 Å². The van der Waals surface area contributed by atoms with E-state index in [1.54, 1.807) is 17.0 Å². The topological polar surface area (TPSA) is 114 Å². The number of carbonyl (C=O) groups is 1. The van der Waals surface area contributed by atoms with Gasteiger partial charge in [0.2, 0.25) is 5.16 Å². The largest absolute Gasteiger partial charge is 0.468 e. The van der Waals surface area contributed by atoms with E-state index in [2.05, 4.69) is 20.8 Å². The molecule has 2 saturated heterocycles. The summed E-state index contributed by atoms with van der Waals surface area (Å²) in [6.45, 7) is 0.308. The fraction of sp³-hybridized carbons (Fsp3) is 0.400. The fourth-order valence-electron chi connectivity index (χ4n) is 3.83. The number of ether oxygens (including phenoxy) is 3. The van der Waals surface area contributed by atoms with Crippen LogP contribution in [0.25, 0.3) is 0 Å². The van der Waals surface area contributed by atoms with Gasteiger partial charge in [0.15, 0.2) is 6.10 Å². The Labute approximate surface area is 194 Å². The van der Waals surface area contributed by atoms with Gasteiger partial charge in [-0.3, -0.25) is 5.32 Å².